The van der Waals surface area contributed by atoms with Crippen molar-refractivity contribution in [3.8, 4) is 0 Å². The number of carbonyl (C=O) groups is 1. The number of benzene rings is 1. The van der Waals surface area contributed by atoms with Gasteiger partial charge in [-0.3, -0.25) is 4.79 Å². The Balaban J connectivity index is 1.51. The molecule has 1 aliphatic heterocycles. The van der Waals surface area contributed by atoms with Crippen molar-refractivity contribution in [2.75, 3.05) is 23.3 Å². The fraction of sp³-hybridized carbons (Fsp3) is 0.304. The maximum Gasteiger partial charge on any atom is 0.395 e. The zero-order valence-electron chi connectivity index (χ0n) is 17.9. The smallest absolute Gasteiger partial charge is 0.353 e. The highest BCUT2D eigenvalue weighted by molar-refractivity contribution is 7.99. The molecule has 11 heteroatoms. The highest BCUT2D eigenvalue weighted by atomic mass is 32.2. The topological polar surface area (TPSA) is 71.0 Å². The van der Waals surface area contributed by atoms with E-state index in [1.807, 2.05) is 11.0 Å². The van der Waals surface area contributed by atoms with Crippen LogP contribution in [0.3, 0.4) is 0 Å². The number of alkyl halides is 4. The first-order valence-electron chi connectivity index (χ1n) is 10.5. The molecule has 178 valence electrons. The zero-order valence-corrected chi connectivity index (χ0v) is 18.7. The molecule has 1 aliphatic rings. The molecule has 1 fully saturated rings. The van der Waals surface area contributed by atoms with Gasteiger partial charge in [-0.05, 0) is 48.0 Å². The lowest BCUT2D eigenvalue weighted by Gasteiger charge is -2.18. The van der Waals surface area contributed by atoms with Crippen molar-refractivity contribution in [3.05, 3.63) is 60.3 Å². The average molecular weight is 492 g/mol. The lowest BCUT2D eigenvalue weighted by molar-refractivity contribution is -0.151. The Morgan fingerprint density at radius 2 is 1.91 bits per heavy atom. The van der Waals surface area contributed by atoms with Crippen molar-refractivity contribution in [2.24, 2.45) is 0 Å². The number of anilines is 3. The summed E-state index contributed by atoms with van der Waals surface area (Å²) in [5.41, 5.74) is 0.497. The van der Waals surface area contributed by atoms with Crippen LogP contribution in [0.15, 0.2) is 64.8 Å². The minimum atomic E-state index is -4.51. The predicted octanol–water partition coefficient (Wildman–Crippen LogP) is 5.38. The van der Waals surface area contributed by atoms with Crippen LogP contribution >= 0.6 is 11.8 Å². The quantitative estimate of drug-likeness (QED) is 0.335. The Labute approximate surface area is 197 Å². The van der Waals surface area contributed by atoms with E-state index < -0.39 is 24.6 Å². The summed E-state index contributed by atoms with van der Waals surface area (Å²) in [6.07, 6.45) is -5.06. The van der Waals surface area contributed by atoms with Gasteiger partial charge in [0, 0.05) is 30.1 Å². The van der Waals surface area contributed by atoms with Crippen molar-refractivity contribution in [1.29, 1.82) is 0 Å². The standard InChI is InChI=1S/C23H21F4N5OS/c24-16-8-10-32(14-16)21-12-20(29-19-3-1-2-9-28-19)30-22(31-21)34-18-6-4-15(5-7-18)11-17(33)13-23(25,26)27/h1-7,9,12,16H,8,10-11,13-14H2,(H,28,29,30,31)/t16-/m0/s1. The first kappa shape index (κ1) is 23.9. The Bertz CT molecular complexity index is 1130. The number of aromatic nitrogens is 3. The number of hydrogen-bond donors (Lipinski definition) is 1. The monoisotopic (exact) mass is 491 g/mol. The van der Waals surface area contributed by atoms with Crippen LogP contribution in [0, 0.1) is 0 Å². The molecule has 2 aromatic heterocycles. The van der Waals surface area contributed by atoms with Gasteiger partial charge in [-0.25, -0.2) is 19.3 Å². The Kier molecular flexibility index (Phi) is 7.30. The van der Waals surface area contributed by atoms with E-state index in [1.54, 1.807) is 48.7 Å². The molecule has 0 amide bonds. The number of carbonyl (C=O) groups excluding carboxylic acids is 1. The molecule has 6 nitrogen and oxygen atoms in total. The summed E-state index contributed by atoms with van der Waals surface area (Å²) in [6.45, 7) is 0.802. The maximum absolute atomic E-state index is 13.8. The summed E-state index contributed by atoms with van der Waals surface area (Å²) in [4.78, 5) is 27.5. The first-order chi connectivity index (χ1) is 16.2. The Morgan fingerprint density at radius 1 is 1.12 bits per heavy atom. The normalized spacial score (nSPS) is 16.0. The summed E-state index contributed by atoms with van der Waals surface area (Å²) in [5, 5.41) is 3.54. The van der Waals surface area contributed by atoms with Crippen molar-refractivity contribution in [2.45, 2.75) is 41.7 Å². The van der Waals surface area contributed by atoms with E-state index in [0.717, 1.165) is 4.90 Å². The second-order valence-electron chi connectivity index (χ2n) is 7.82. The Hall–Kier alpha value is -3.21. The van der Waals surface area contributed by atoms with E-state index in [4.69, 9.17) is 0 Å². The molecule has 4 rings (SSSR count). The molecule has 34 heavy (non-hydrogen) atoms. The zero-order chi connectivity index (χ0) is 24.1. The van der Waals surface area contributed by atoms with E-state index in [0.29, 0.717) is 41.1 Å². The highest BCUT2D eigenvalue weighted by Crippen LogP contribution is 2.31. The molecule has 3 heterocycles. The number of rotatable bonds is 8. The first-order valence-corrected chi connectivity index (χ1v) is 11.4. The van der Waals surface area contributed by atoms with Gasteiger partial charge in [0.2, 0.25) is 0 Å². The van der Waals surface area contributed by atoms with Crippen LogP contribution in [0.4, 0.5) is 35.0 Å². The summed E-state index contributed by atoms with van der Waals surface area (Å²) in [5.74, 6) is 0.806. The van der Waals surface area contributed by atoms with Gasteiger partial charge in [-0.15, -0.1) is 0 Å². The average Bonchev–Trinajstić information content (AvgIpc) is 3.21. The molecule has 1 aromatic carbocycles. The van der Waals surface area contributed by atoms with Crippen molar-refractivity contribution in [1.82, 2.24) is 15.0 Å². The summed E-state index contributed by atoms with van der Waals surface area (Å²) < 4.78 is 50.9. The van der Waals surface area contributed by atoms with Crippen LogP contribution in [-0.2, 0) is 11.2 Å². The molecule has 0 spiro atoms. The van der Waals surface area contributed by atoms with Crippen LogP contribution in [0.2, 0.25) is 0 Å². The van der Waals surface area contributed by atoms with E-state index in [1.165, 1.54) is 11.8 Å². The fourth-order valence-corrected chi connectivity index (χ4v) is 4.24. The molecule has 0 bridgehead atoms. The molecular weight excluding hydrogens is 470 g/mol. The van der Waals surface area contributed by atoms with Gasteiger partial charge in [0.15, 0.2) is 5.16 Å². The van der Waals surface area contributed by atoms with Gasteiger partial charge in [0.05, 0.1) is 6.54 Å². The molecule has 0 aliphatic carbocycles. The second-order valence-corrected chi connectivity index (χ2v) is 8.86. The van der Waals surface area contributed by atoms with Crippen molar-refractivity contribution < 1.29 is 22.4 Å². The highest BCUT2D eigenvalue weighted by Gasteiger charge is 2.30. The van der Waals surface area contributed by atoms with Crippen LogP contribution < -0.4 is 10.2 Å². The third kappa shape index (κ3) is 6.89. The molecule has 0 saturated carbocycles. The SMILES string of the molecule is O=C(Cc1ccc(Sc2nc(Nc3ccccn3)cc(N3CC[C@H](F)C3)n2)cc1)CC(F)(F)F. The summed E-state index contributed by atoms with van der Waals surface area (Å²) >= 11 is 1.26. The van der Waals surface area contributed by atoms with Gasteiger partial charge in [-0.1, -0.05) is 18.2 Å². The van der Waals surface area contributed by atoms with E-state index in [9.17, 15) is 22.4 Å². The number of pyridine rings is 1. The largest absolute Gasteiger partial charge is 0.395 e. The number of ketones is 1. The minimum absolute atomic E-state index is 0.255. The van der Waals surface area contributed by atoms with Crippen LogP contribution in [-0.4, -0.2) is 46.2 Å². The van der Waals surface area contributed by atoms with Gasteiger partial charge in [0.1, 0.15) is 35.8 Å². The van der Waals surface area contributed by atoms with Gasteiger partial charge in [-0.2, -0.15) is 13.2 Å². The summed E-state index contributed by atoms with van der Waals surface area (Å²) in [7, 11) is 0. The molecule has 1 N–H and O–H groups in total. The van der Waals surface area contributed by atoms with E-state index >= 15 is 0 Å². The van der Waals surface area contributed by atoms with Gasteiger partial charge < -0.3 is 10.2 Å². The van der Waals surface area contributed by atoms with Gasteiger partial charge in [0.25, 0.3) is 0 Å². The van der Waals surface area contributed by atoms with Crippen molar-refractivity contribution in [3.63, 3.8) is 0 Å². The second kappa shape index (κ2) is 10.4. The lowest BCUT2D eigenvalue weighted by atomic mass is 10.1. The summed E-state index contributed by atoms with van der Waals surface area (Å²) in [6, 6.07) is 13.8. The van der Waals surface area contributed by atoms with Crippen LogP contribution in [0.1, 0.15) is 18.4 Å². The Morgan fingerprint density at radius 3 is 2.56 bits per heavy atom. The van der Waals surface area contributed by atoms with Crippen LogP contribution in [0.25, 0.3) is 0 Å². The third-order valence-corrected chi connectivity index (χ3v) is 5.87. The van der Waals surface area contributed by atoms with Gasteiger partial charge >= 0.3 is 6.18 Å². The molecule has 3 aromatic rings. The molecule has 1 saturated heterocycles. The minimum Gasteiger partial charge on any atom is -0.353 e. The predicted molar refractivity (Wildman–Crippen MR) is 121 cm³/mol. The van der Waals surface area contributed by atoms with E-state index in [2.05, 4.69) is 20.3 Å². The lowest BCUT2D eigenvalue weighted by Crippen LogP contribution is -2.21. The number of hydrogen-bond acceptors (Lipinski definition) is 7. The number of nitrogens with zero attached hydrogens (tertiary/aromatic N) is 4. The third-order valence-electron chi connectivity index (χ3n) is 5.00. The fourth-order valence-electron chi connectivity index (χ4n) is 3.47. The molecule has 1 atom stereocenters. The number of Topliss-reactive ketones (excluding diaryl/α,β-unsaturated/α-hetero) is 1. The van der Waals surface area contributed by atoms with Crippen LogP contribution in [0.5, 0.6) is 0 Å². The van der Waals surface area contributed by atoms with Crippen molar-refractivity contribution >= 4 is 35.0 Å². The number of nitrogens with one attached hydrogen (secondary N) is 1. The molecular formula is C23H21F4N5OS. The maximum atomic E-state index is 13.8. The van der Waals surface area contributed by atoms with E-state index in [-0.39, 0.29) is 13.0 Å². The number of halogens is 4. The molecule has 0 unspecified atom stereocenters. The molecule has 0 radical (unpaired) electrons.